The number of ether oxygens (including phenoxy) is 1. The van der Waals surface area contributed by atoms with Gasteiger partial charge in [0, 0.05) is 18.8 Å². The Bertz CT molecular complexity index is 382. The number of halogens is 3. The maximum Gasteiger partial charge on any atom is 0.522 e. The van der Waals surface area contributed by atoms with Gasteiger partial charge in [0.15, 0.2) is 0 Å². The van der Waals surface area contributed by atoms with Crippen LogP contribution in [-0.2, 0) is 4.74 Å². The Morgan fingerprint density at radius 1 is 1.21 bits per heavy atom. The number of nitrogens with zero attached hydrogens (tertiary/aromatic N) is 1. The molecule has 3 nitrogen and oxygen atoms in total. The Morgan fingerprint density at radius 3 is 2.47 bits per heavy atom. The van der Waals surface area contributed by atoms with Gasteiger partial charge in [-0.15, -0.1) is 13.2 Å². The first-order chi connectivity index (χ1) is 8.94. The predicted molar refractivity (Wildman–Crippen MR) is 69.1 cm³/mol. The molecule has 0 fully saturated rings. The molecule has 0 bridgehead atoms. The molecule has 1 aromatic carbocycles. The normalized spacial score (nSPS) is 11.6. The third kappa shape index (κ3) is 5.94. The largest absolute Gasteiger partial charge is 0.522 e. The molecule has 0 saturated carbocycles. The van der Waals surface area contributed by atoms with Gasteiger partial charge in [-0.25, -0.2) is 0 Å². The Morgan fingerprint density at radius 2 is 1.89 bits per heavy atom. The highest BCUT2D eigenvalue weighted by atomic mass is 19.4. The number of anilines is 1. The monoisotopic (exact) mass is 276 g/mol. The lowest BCUT2D eigenvalue weighted by molar-refractivity contribution is -0.323. The standard InChI is InChI=1S/C13H19F3N2O/c1-11-5-2-3-6-12(11)18(8-4-7-17)9-10-19-13(14,15)16/h2-3,5-6H,4,7-10,17H2,1H3. The van der Waals surface area contributed by atoms with Crippen molar-refractivity contribution in [2.24, 2.45) is 5.73 Å². The van der Waals surface area contributed by atoms with Gasteiger partial charge in [0.05, 0.1) is 6.61 Å². The number of nitrogens with two attached hydrogens (primary N) is 1. The Balaban J connectivity index is 2.64. The van der Waals surface area contributed by atoms with Crippen LogP contribution in [0.3, 0.4) is 0 Å². The van der Waals surface area contributed by atoms with Crippen LogP contribution in [0.2, 0.25) is 0 Å². The maximum absolute atomic E-state index is 12.0. The van der Waals surface area contributed by atoms with E-state index in [4.69, 9.17) is 5.73 Å². The van der Waals surface area contributed by atoms with Gasteiger partial charge in [-0.1, -0.05) is 18.2 Å². The quantitative estimate of drug-likeness (QED) is 0.832. The minimum atomic E-state index is -4.58. The van der Waals surface area contributed by atoms with Crippen LogP contribution in [0.15, 0.2) is 24.3 Å². The molecule has 0 aromatic heterocycles. The third-order valence-electron chi connectivity index (χ3n) is 2.72. The molecule has 0 aliphatic rings. The maximum atomic E-state index is 12.0. The van der Waals surface area contributed by atoms with Crippen LogP contribution < -0.4 is 10.6 Å². The molecule has 0 saturated heterocycles. The molecular weight excluding hydrogens is 257 g/mol. The molecule has 0 spiro atoms. The van der Waals surface area contributed by atoms with Crippen molar-refractivity contribution in [3.63, 3.8) is 0 Å². The molecule has 6 heteroatoms. The highest BCUT2D eigenvalue weighted by molar-refractivity contribution is 5.52. The number of rotatable bonds is 7. The van der Waals surface area contributed by atoms with E-state index in [2.05, 4.69) is 4.74 Å². The van der Waals surface area contributed by atoms with Crippen LogP contribution in [0.1, 0.15) is 12.0 Å². The second-order valence-electron chi connectivity index (χ2n) is 4.21. The molecule has 0 atom stereocenters. The van der Waals surface area contributed by atoms with Gasteiger partial charge in [0.25, 0.3) is 0 Å². The first-order valence-corrected chi connectivity index (χ1v) is 6.15. The summed E-state index contributed by atoms with van der Waals surface area (Å²) in [6.07, 6.45) is -3.86. The smallest absolute Gasteiger partial charge is 0.369 e. The van der Waals surface area contributed by atoms with E-state index in [0.29, 0.717) is 13.1 Å². The summed E-state index contributed by atoms with van der Waals surface area (Å²) in [5, 5.41) is 0. The molecule has 0 aliphatic heterocycles. The topological polar surface area (TPSA) is 38.5 Å². The molecule has 0 amide bonds. The van der Waals surface area contributed by atoms with Crippen molar-refractivity contribution >= 4 is 5.69 Å². The zero-order valence-electron chi connectivity index (χ0n) is 10.9. The number of para-hydroxylation sites is 1. The van der Waals surface area contributed by atoms with Crippen molar-refractivity contribution in [3.05, 3.63) is 29.8 Å². The van der Waals surface area contributed by atoms with E-state index in [0.717, 1.165) is 17.7 Å². The number of benzene rings is 1. The summed E-state index contributed by atoms with van der Waals surface area (Å²) < 4.78 is 39.8. The SMILES string of the molecule is Cc1ccccc1N(CCCN)CCOC(F)(F)F. The minimum absolute atomic E-state index is 0.185. The molecule has 19 heavy (non-hydrogen) atoms. The van der Waals surface area contributed by atoms with E-state index in [1.807, 2.05) is 36.1 Å². The summed E-state index contributed by atoms with van der Waals surface area (Å²) in [6, 6.07) is 7.57. The van der Waals surface area contributed by atoms with Crippen LogP contribution >= 0.6 is 0 Å². The Kier molecular flexibility index (Phi) is 6.11. The molecule has 0 radical (unpaired) electrons. The van der Waals surface area contributed by atoms with Crippen LogP contribution in [0.4, 0.5) is 18.9 Å². The summed E-state index contributed by atoms with van der Waals surface area (Å²) >= 11 is 0. The fraction of sp³-hybridized carbons (Fsp3) is 0.538. The third-order valence-corrected chi connectivity index (χ3v) is 2.72. The molecule has 2 N–H and O–H groups in total. The van der Waals surface area contributed by atoms with Gasteiger partial charge in [-0.2, -0.15) is 0 Å². The van der Waals surface area contributed by atoms with Gasteiger partial charge >= 0.3 is 6.36 Å². The summed E-state index contributed by atoms with van der Waals surface area (Å²) in [5.74, 6) is 0. The number of hydrogen-bond acceptors (Lipinski definition) is 3. The molecular formula is C13H19F3N2O. The Hall–Kier alpha value is -1.27. The lowest BCUT2D eigenvalue weighted by Gasteiger charge is -2.26. The summed E-state index contributed by atoms with van der Waals surface area (Å²) in [5.41, 5.74) is 7.39. The summed E-state index contributed by atoms with van der Waals surface area (Å²) in [4.78, 5) is 1.87. The predicted octanol–water partition coefficient (Wildman–Crippen LogP) is 2.69. The molecule has 0 aliphatic carbocycles. The van der Waals surface area contributed by atoms with E-state index >= 15 is 0 Å². The van der Waals surface area contributed by atoms with E-state index in [-0.39, 0.29) is 13.2 Å². The average Bonchev–Trinajstić information content (AvgIpc) is 2.33. The van der Waals surface area contributed by atoms with E-state index < -0.39 is 6.36 Å². The zero-order chi connectivity index (χ0) is 14.3. The number of hydrogen-bond donors (Lipinski definition) is 1. The lowest BCUT2D eigenvalue weighted by atomic mass is 10.1. The van der Waals surface area contributed by atoms with Gasteiger partial charge in [0.1, 0.15) is 0 Å². The fourth-order valence-electron chi connectivity index (χ4n) is 1.82. The van der Waals surface area contributed by atoms with Crippen LogP contribution in [0.25, 0.3) is 0 Å². The van der Waals surface area contributed by atoms with Gasteiger partial charge in [-0.05, 0) is 31.5 Å². The molecule has 1 rings (SSSR count). The fourth-order valence-corrected chi connectivity index (χ4v) is 1.82. The molecule has 0 heterocycles. The first kappa shape index (κ1) is 15.8. The van der Waals surface area contributed by atoms with E-state index in [9.17, 15) is 13.2 Å². The Labute approximate surface area is 111 Å². The van der Waals surface area contributed by atoms with Crippen molar-refractivity contribution in [2.75, 3.05) is 31.1 Å². The first-order valence-electron chi connectivity index (χ1n) is 6.15. The van der Waals surface area contributed by atoms with Crippen molar-refractivity contribution in [1.29, 1.82) is 0 Å². The van der Waals surface area contributed by atoms with Crippen LogP contribution in [-0.4, -0.2) is 32.6 Å². The molecule has 1 aromatic rings. The van der Waals surface area contributed by atoms with Gasteiger partial charge < -0.3 is 10.6 Å². The van der Waals surface area contributed by atoms with Crippen LogP contribution in [0, 0.1) is 6.92 Å². The minimum Gasteiger partial charge on any atom is -0.369 e. The lowest BCUT2D eigenvalue weighted by Crippen LogP contribution is -2.32. The van der Waals surface area contributed by atoms with Gasteiger partial charge in [-0.3, -0.25) is 4.74 Å². The number of alkyl halides is 3. The highest BCUT2D eigenvalue weighted by Gasteiger charge is 2.29. The second-order valence-corrected chi connectivity index (χ2v) is 4.21. The van der Waals surface area contributed by atoms with Crippen molar-refractivity contribution in [1.82, 2.24) is 0 Å². The molecule has 108 valence electrons. The summed E-state index contributed by atoms with van der Waals surface area (Å²) in [6.45, 7) is 2.84. The second kappa shape index (κ2) is 7.35. The van der Waals surface area contributed by atoms with Crippen LogP contribution in [0.5, 0.6) is 0 Å². The molecule has 0 unspecified atom stereocenters. The van der Waals surface area contributed by atoms with Crippen molar-refractivity contribution in [2.45, 2.75) is 19.7 Å². The zero-order valence-corrected chi connectivity index (χ0v) is 10.9. The van der Waals surface area contributed by atoms with E-state index in [1.165, 1.54) is 0 Å². The van der Waals surface area contributed by atoms with Crippen molar-refractivity contribution in [3.8, 4) is 0 Å². The summed E-state index contributed by atoms with van der Waals surface area (Å²) in [7, 11) is 0. The van der Waals surface area contributed by atoms with Gasteiger partial charge in [0.2, 0.25) is 0 Å². The average molecular weight is 276 g/mol. The van der Waals surface area contributed by atoms with E-state index in [1.54, 1.807) is 0 Å². The number of aryl methyl sites for hydroxylation is 1. The van der Waals surface area contributed by atoms with Crippen molar-refractivity contribution < 1.29 is 17.9 Å². The highest BCUT2D eigenvalue weighted by Crippen LogP contribution is 2.20.